The molecule has 1 atom stereocenters. The van der Waals surface area contributed by atoms with Crippen LogP contribution < -0.4 is 10.1 Å². The molecule has 1 aromatic heterocycles. The zero-order valence-corrected chi connectivity index (χ0v) is 19.7. The van der Waals surface area contributed by atoms with E-state index in [-0.39, 0.29) is 30.8 Å². The lowest BCUT2D eigenvalue weighted by molar-refractivity contribution is -0.141. The fourth-order valence-corrected chi connectivity index (χ4v) is 5.16. The van der Waals surface area contributed by atoms with Crippen LogP contribution in [0.25, 0.3) is 0 Å². The van der Waals surface area contributed by atoms with E-state index in [4.69, 9.17) is 4.74 Å². The first-order valence-corrected chi connectivity index (χ1v) is 12.3. The zero-order chi connectivity index (χ0) is 23.0. The summed E-state index contributed by atoms with van der Waals surface area (Å²) in [5, 5.41) is 5.19. The Bertz CT molecular complexity index is 1050. The maximum atomic E-state index is 13.7. The minimum Gasteiger partial charge on any atom is -0.496 e. The Morgan fingerprint density at radius 3 is 2.45 bits per heavy atom. The van der Waals surface area contributed by atoms with Gasteiger partial charge >= 0.3 is 0 Å². The van der Waals surface area contributed by atoms with Crippen LogP contribution >= 0.6 is 11.3 Å². The van der Waals surface area contributed by atoms with E-state index in [0.717, 1.165) is 41.7 Å². The van der Waals surface area contributed by atoms with Crippen LogP contribution in [-0.2, 0) is 22.6 Å². The lowest BCUT2D eigenvalue weighted by Crippen LogP contribution is -2.46. The van der Waals surface area contributed by atoms with Crippen molar-refractivity contribution in [3.8, 4) is 5.75 Å². The number of rotatable bonds is 9. The van der Waals surface area contributed by atoms with Crippen LogP contribution in [0.2, 0.25) is 0 Å². The Balaban J connectivity index is 1.70. The maximum Gasteiger partial charge on any atom is 0.247 e. The summed E-state index contributed by atoms with van der Waals surface area (Å²) in [4.78, 5) is 30.0. The molecule has 6 heteroatoms. The molecule has 2 aromatic carbocycles. The Hall–Kier alpha value is -3.12. The Labute approximate surface area is 199 Å². The van der Waals surface area contributed by atoms with Crippen LogP contribution in [0.15, 0.2) is 72.1 Å². The van der Waals surface area contributed by atoms with E-state index in [1.54, 1.807) is 23.3 Å². The number of benzene rings is 2. The number of thiophene rings is 1. The highest BCUT2D eigenvalue weighted by molar-refractivity contribution is 7.10. The first-order valence-electron chi connectivity index (χ1n) is 11.4. The molecule has 1 heterocycles. The molecule has 1 fully saturated rings. The van der Waals surface area contributed by atoms with Gasteiger partial charge in [0.05, 0.1) is 20.1 Å². The third-order valence-corrected chi connectivity index (χ3v) is 7.01. The molecule has 4 rings (SSSR count). The second-order valence-corrected chi connectivity index (χ2v) is 9.43. The first-order chi connectivity index (χ1) is 16.2. The molecule has 0 radical (unpaired) electrons. The molecule has 0 aliphatic heterocycles. The predicted molar refractivity (Wildman–Crippen MR) is 131 cm³/mol. The number of nitrogens with one attached hydrogen (secondary N) is 1. The van der Waals surface area contributed by atoms with Crippen LogP contribution in [-0.4, -0.2) is 29.9 Å². The SMILES string of the molecule is COc1ccccc1CN(C(=O)Cc1cccs1)[C@@H](C(=O)NC1CCCC1)c1ccccc1. The predicted octanol–water partition coefficient (Wildman–Crippen LogP) is 5.13. The number of para-hydroxylation sites is 1. The average Bonchev–Trinajstić information content (AvgIpc) is 3.54. The number of methoxy groups -OCH3 is 1. The molecular weight excluding hydrogens is 432 g/mol. The lowest BCUT2D eigenvalue weighted by Gasteiger charge is -2.32. The molecule has 33 heavy (non-hydrogen) atoms. The summed E-state index contributed by atoms with van der Waals surface area (Å²) in [5.41, 5.74) is 1.68. The van der Waals surface area contributed by atoms with Crippen LogP contribution in [0.3, 0.4) is 0 Å². The standard InChI is InChI=1S/C27H30N2O3S/c1-32-24-16-8-5-12-21(24)19-29(25(30)18-23-15-9-17-33-23)26(20-10-3-2-4-11-20)27(31)28-22-13-6-7-14-22/h2-5,8-12,15-17,22,26H,6-7,13-14,18-19H2,1H3,(H,28,31)/t26-/m1/s1. The summed E-state index contributed by atoms with van der Waals surface area (Å²) in [6, 6.07) is 20.6. The number of carbonyl (C=O) groups excluding carboxylic acids is 2. The van der Waals surface area contributed by atoms with Crippen molar-refractivity contribution in [1.82, 2.24) is 10.2 Å². The molecular formula is C27H30N2O3S. The third kappa shape index (κ3) is 5.82. The summed E-state index contributed by atoms with van der Waals surface area (Å²) < 4.78 is 5.55. The highest BCUT2D eigenvalue weighted by Gasteiger charge is 2.33. The smallest absolute Gasteiger partial charge is 0.247 e. The maximum absolute atomic E-state index is 13.7. The van der Waals surface area contributed by atoms with E-state index in [0.29, 0.717) is 5.75 Å². The molecule has 1 aliphatic carbocycles. The minimum absolute atomic E-state index is 0.0845. The summed E-state index contributed by atoms with van der Waals surface area (Å²) in [5.74, 6) is 0.496. The van der Waals surface area contributed by atoms with E-state index in [1.165, 1.54) is 0 Å². The van der Waals surface area contributed by atoms with Gasteiger partial charge in [0, 0.05) is 16.5 Å². The van der Waals surface area contributed by atoms with Crippen LogP contribution in [0.1, 0.15) is 47.7 Å². The molecule has 172 valence electrons. The molecule has 2 amide bonds. The van der Waals surface area contributed by atoms with E-state index in [9.17, 15) is 9.59 Å². The molecule has 0 unspecified atom stereocenters. The van der Waals surface area contributed by atoms with Gasteiger partial charge in [0.1, 0.15) is 11.8 Å². The molecule has 0 spiro atoms. The van der Waals surface area contributed by atoms with E-state index >= 15 is 0 Å². The normalized spacial score (nSPS) is 14.6. The fraction of sp³-hybridized carbons (Fsp3) is 0.333. The fourth-order valence-electron chi connectivity index (χ4n) is 4.46. The lowest BCUT2D eigenvalue weighted by atomic mass is 10.0. The highest BCUT2D eigenvalue weighted by atomic mass is 32.1. The first kappa shape index (κ1) is 23.1. The monoisotopic (exact) mass is 462 g/mol. The number of amides is 2. The Kier molecular flexibility index (Phi) is 7.79. The van der Waals surface area contributed by atoms with Gasteiger partial charge in [0.25, 0.3) is 0 Å². The van der Waals surface area contributed by atoms with Crippen LogP contribution in [0.4, 0.5) is 0 Å². The topological polar surface area (TPSA) is 58.6 Å². The van der Waals surface area contributed by atoms with Crippen molar-refractivity contribution in [3.05, 3.63) is 88.1 Å². The van der Waals surface area contributed by atoms with Gasteiger partial charge in [0.15, 0.2) is 0 Å². The summed E-state index contributed by atoms with van der Waals surface area (Å²) in [6.45, 7) is 0.284. The van der Waals surface area contributed by atoms with Crippen molar-refractivity contribution in [1.29, 1.82) is 0 Å². The molecule has 5 nitrogen and oxygen atoms in total. The van der Waals surface area contributed by atoms with E-state index in [1.807, 2.05) is 72.1 Å². The molecule has 1 saturated carbocycles. The number of ether oxygens (including phenoxy) is 1. The second kappa shape index (κ2) is 11.1. The van der Waals surface area contributed by atoms with Crippen molar-refractivity contribution < 1.29 is 14.3 Å². The highest BCUT2D eigenvalue weighted by Crippen LogP contribution is 2.29. The minimum atomic E-state index is -0.718. The summed E-state index contributed by atoms with van der Waals surface area (Å²) >= 11 is 1.55. The average molecular weight is 463 g/mol. The quantitative estimate of drug-likeness (QED) is 0.480. The zero-order valence-electron chi connectivity index (χ0n) is 18.9. The third-order valence-electron chi connectivity index (χ3n) is 6.14. The molecule has 1 N–H and O–H groups in total. The van der Waals surface area contributed by atoms with Gasteiger partial charge in [-0.1, -0.05) is 67.4 Å². The van der Waals surface area contributed by atoms with Crippen molar-refractivity contribution in [2.24, 2.45) is 0 Å². The summed E-state index contributed by atoms with van der Waals surface area (Å²) in [6.07, 6.45) is 4.49. The largest absolute Gasteiger partial charge is 0.496 e. The second-order valence-electron chi connectivity index (χ2n) is 8.39. The van der Waals surface area contributed by atoms with E-state index < -0.39 is 6.04 Å². The van der Waals surface area contributed by atoms with Gasteiger partial charge in [-0.05, 0) is 35.9 Å². The van der Waals surface area contributed by atoms with Crippen LogP contribution in [0, 0.1) is 0 Å². The molecule has 3 aromatic rings. The van der Waals surface area contributed by atoms with Gasteiger partial charge in [0.2, 0.25) is 11.8 Å². The van der Waals surface area contributed by atoms with Gasteiger partial charge in [-0.2, -0.15) is 0 Å². The number of hydrogen-bond donors (Lipinski definition) is 1. The molecule has 0 bridgehead atoms. The molecule has 1 aliphatic rings. The van der Waals surface area contributed by atoms with Crippen molar-refractivity contribution >= 4 is 23.2 Å². The van der Waals surface area contributed by atoms with Gasteiger partial charge in [-0.3, -0.25) is 9.59 Å². The Morgan fingerprint density at radius 2 is 1.76 bits per heavy atom. The summed E-state index contributed by atoms with van der Waals surface area (Å²) in [7, 11) is 1.62. The van der Waals surface area contributed by atoms with Crippen LogP contribution in [0.5, 0.6) is 5.75 Å². The van der Waals surface area contributed by atoms with E-state index in [2.05, 4.69) is 5.32 Å². The van der Waals surface area contributed by atoms with Crippen molar-refractivity contribution in [2.75, 3.05) is 7.11 Å². The number of nitrogens with zero attached hydrogens (tertiary/aromatic N) is 1. The van der Waals surface area contributed by atoms with Gasteiger partial charge in [-0.25, -0.2) is 0 Å². The molecule has 0 saturated heterocycles. The van der Waals surface area contributed by atoms with Crippen molar-refractivity contribution in [3.63, 3.8) is 0 Å². The Morgan fingerprint density at radius 1 is 1.03 bits per heavy atom. The van der Waals surface area contributed by atoms with Gasteiger partial charge in [-0.15, -0.1) is 11.3 Å². The number of hydrogen-bond acceptors (Lipinski definition) is 4. The van der Waals surface area contributed by atoms with Gasteiger partial charge < -0.3 is 15.0 Å². The van der Waals surface area contributed by atoms with Crippen molar-refractivity contribution in [2.45, 2.75) is 50.7 Å². The number of carbonyl (C=O) groups is 2.